The van der Waals surface area contributed by atoms with Crippen LogP contribution in [0, 0.1) is 6.92 Å². The van der Waals surface area contributed by atoms with E-state index in [-0.39, 0.29) is 5.69 Å². The number of nitrogens with zero attached hydrogens (tertiary/aromatic N) is 5. The fourth-order valence-electron chi connectivity index (χ4n) is 4.12. The van der Waals surface area contributed by atoms with E-state index in [4.69, 9.17) is 0 Å². The molecule has 0 bridgehead atoms. The highest BCUT2D eigenvalue weighted by molar-refractivity contribution is 6.04. The van der Waals surface area contributed by atoms with Crippen molar-refractivity contribution in [1.82, 2.24) is 24.1 Å². The Bertz CT molecular complexity index is 1530. The van der Waals surface area contributed by atoms with Crippen LogP contribution in [0.2, 0.25) is 0 Å². The maximum Gasteiger partial charge on any atom is 0.333 e. The lowest BCUT2D eigenvalue weighted by Crippen LogP contribution is -2.21. The summed E-state index contributed by atoms with van der Waals surface area (Å²) in [5.41, 5.74) is 6.84. The van der Waals surface area contributed by atoms with Crippen LogP contribution in [0.1, 0.15) is 19.5 Å². The zero-order valence-corrected chi connectivity index (χ0v) is 18.5. The molecule has 0 unspecified atom stereocenters. The highest BCUT2D eigenvalue weighted by atomic mass is 16.1. The third-order valence-electron chi connectivity index (χ3n) is 5.63. The molecule has 0 radical (unpaired) electrons. The number of hydrogen-bond acceptors (Lipinski definition) is 5. The number of anilines is 1. The Morgan fingerprint density at radius 3 is 2.62 bits per heavy atom. The van der Waals surface area contributed by atoms with Gasteiger partial charge in [0.15, 0.2) is 0 Å². The Morgan fingerprint density at radius 2 is 1.84 bits per heavy atom. The topological polar surface area (TPSA) is 77.6 Å². The van der Waals surface area contributed by atoms with Gasteiger partial charge in [-0.15, -0.1) is 0 Å². The van der Waals surface area contributed by atoms with E-state index in [2.05, 4.69) is 46.2 Å². The first kappa shape index (κ1) is 19.9. The van der Waals surface area contributed by atoms with E-state index in [9.17, 15) is 4.79 Å². The van der Waals surface area contributed by atoms with Crippen LogP contribution in [0.5, 0.6) is 0 Å². The molecular weight excluding hydrogens is 400 g/mol. The van der Waals surface area contributed by atoms with Crippen molar-refractivity contribution in [3.05, 3.63) is 77.4 Å². The van der Waals surface area contributed by atoms with Crippen LogP contribution in [-0.2, 0) is 7.05 Å². The lowest BCUT2D eigenvalue weighted by atomic mass is 10.0. The first-order valence-electron chi connectivity index (χ1n) is 10.6. The van der Waals surface area contributed by atoms with Crippen molar-refractivity contribution in [2.75, 3.05) is 5.32 Å². The summed E-state index contributed by atoms with van der Waals surface area (Å²) in [5, 5.41) is 4.30. The van der Waals surface area contributed by atoms with Gasteiger partial charge in [-0.25, -0.2) is 4.79 Å². The molecule has 1 N–H and O–H groups in total. The summed E-state index contributed by atoms with van der Waals surface area (Å²) in [7, 11) is 1.77. The van der Waals surface area contributed by atoms with Crippen molar-refractivity contribution in [2.45, 2.75) is 26.8 Å². The lowest BCUT2D eigenvalue weighted by molar-refractivity contribution is 0.840. The Hall–Kier alpha value is -4.00. The molecule has 0 saturated heterocycles. The van der Waals surface area contributed by atoms with Crippen LogP contribution in [0.3, 0.4) is 0 Å². The van der Waals surface area contributed by atoms with Gasteiger partial charge in [-0.3, -0.25) is 24.1 Å². The van der Waals surface area contributed by atoms with Crippen molar-refractivity contribution in [3.63, 3.8) is 0 Å². The van der Waals surface area contributed by atoms with Gasteiger partial charge < -0.3 is 5.32 Å². The van der Waals surface area contributed by atoms with Gasteiger partial charge in [0.05, 0.1) is 39.8 Å². The highest BCUT2D eigenvalue weighted by Crippen LogP contribution is 2.30. The van der Waals surface area contributed by atoms with Gasteiger partial charge in [0, 0.05) is 42.6 Å². The number of rotatable bonds is 4. The Kier molecular flexibility index (Phi) is 4.74. The number of aryl methyl sites for hydroxylation is 2. The Labute approximate surface area is 185 Å². The van der Waals surface area contributed by atoms with Crippen molar-refractivity contribution in [3.8, 4) is 16.8 Å². The summed E-state index contributed by atoms with van der Waals surface area (Å²) in [5.74, 6) is 0. The molecule has 0 atom stereocenters. The van der Waals surface area contributed by atoms with Crippen LogP contribution in [-0.4, -0.2) is 30.1 Å². The van der Waals surface area contributed by atoms with Crippen molar-refractivity contribution in [1.29, 1.82) is 0 Å². The Balaban J connectivity index is 1.80. The molecular formula is C25H24N6O. The van der Waals surface area contributed by atoms with Crippen molar-refractivity contribution in [2.24, 2.45) is 7.05 Å². The molecule has 5 aromatic rings. The number of aromatic nitrogens is 5. The van der Waals surface area contributed by atoms with Gasteiger partial charge >= 0.3 is 5.69 Å². The summed E-state index contributed by atoms with van der Waals surface area (Å²) < 4.78 is 3.37. The van der Waals surface area contributed by atoms with Crippen LogP contribution >= 0.6 is 0 Å². The summed E-state index contributed by atoms with van der Waals surface area (Å²) in [4.78, 5) is 26.7. The summed E-state index contributed by atoms with van der Waals surface area (Å²) in [6.07, 6.45) is 7.17. The molecule has 4 heterocycles. The number of benzene rings is 1. The van der Waals surface area contributed by atoms with E-state index in [0.29, 0.717) is 6.04 Å². The summed E-state index contributed by atoms with van der Waals surface area (Å²) in [6, 6.07) is 12.3. The summed E-state index contributed by atoms with van der Waals surface area (Å²) >= 11 is 0. The monoisotopic (exact) mass is 424 g/mol. The second-order valence-corrected chi connectivity index (χ2v) is 8.27. The predicted octanol–water partition coefficient (Wildman–Crippen LogP) is 4.46. The zero-order chi connectivity index (χ0) is 22.4. The number of pyridine rings is 3. The molecule has 0 fully saturated rings. The predicted molar refractivity (Wildman–Crippen MR) is 128 cm³/mol. The average molecular weight is 425 g/mol. The molecule has 0 aliphatic heterocycles. The molecule has 0 aliphatic carbocycles. The molecule has 5 rings (SSSR count). The molecule has 160 valence electrons. The molecule has 32 heavy (non-hydrogen) atoms. The number of hydrogen-bond donors (Lipinski definition) is 1. The molecule has 4 aromatic heterocycles. The Morgan fingerprint density at radius 1 is 1.00 bits per heavy atom. The van der Waals surface area contributed by atoms with Crippen LogP contribution < -0.4 is 11.0 Å². The average Bonchev–Trinajstić information content (AvgIpc) is 3.04. The van der Waals surface area contributed by atoms with E-state index in [1.165, 1.54) is 0 Å². The van der Waals surface area contributed by atoms with E-state index < -0.39 is 0 Å². The largest absolute Gasteiger partial charge is 0.382 e. The lowest BCUT2D eigenvalue weighted by Gasteiger charge is -2.12. The minimum Gasteiger partial charge on any atom is -0.382 e. The SMILES string of the molecule is Cc1ncccc1-n1c(=O)n(C)c2cnc3ccc(-c4cncc(NC(C)C)c4)cc3c21. The van der Waals surface area contributed by atoms with Gasteiger partial charge in [-0.1, -0.05) is 6.07 Å². The number of imidazole rings is 1. The van der Waals surface area contributed by atoms with E-state index in [0.717, 1.165) is 50.1 Å². The van der Waals surface area contributed by atoms with Crippen LogP contribution in [0.25, 0.3) is 38.8 Å². The molecule has 1 aromatic carbocycles. The number of fused-ring (bicyclic) bond motifs is 3. The smallest absolute Gasteiger partial charge is 0.333 e. The number of nitrogens with one attached hydrogen (secondary N) is 1. The third-order valence-corrected chi connectivity index (χ3v) is 5.63. The van der Waals surface area contributed by atoms with Crippen molar-refractivity contribution >= 4 is 27.6 Å². The van der Waals surface area contributed by atoms with Gasteiger partial charge in [-0.05, 0) is 56.7 Å². The second kappa shape index (κ2) is 7.60. The normalized spacial score (nSPS) is 11.5. The van der Waals surface area contributed by atoms with Crippen molar-refractivity contribution < 1.29 is 0 Å². The van der Waals surface area contributed by atoms with Gasteiger partial charge in [0.25, 0.3) is 0 Å². The molecule has 0 amide bonds. The molecule has 0 spiro atoms. The van der Waals surface area contributed by atoms with E-state index >= 15 is 0 Å². The minimum atomic E-state index is -0.124. The maximum absolute atomic E-state index is 13.2. The first-order valence-corrected chi connectivity index (χ1v) is 10.6. The first-order chi connectivity index (χ1) is 15.4. The zero-order valence-electron chi connectivity index (χ0n) is 18.5. The quantitative estimate of drug-likeness (QED) is 0.461. The van der Waals surface area contributed by atoms with E-state index in [1.807, 2.05) is 43.6 Å². The minimum absolute atomic E-state index is 0.124. The fraction of sp³-hybridized carbons (Fsp3) is 0.200. The summed E-state index contributed by atoms with van der Waals surface area (Å²) in [6.45, 7) is 6.11. The van der Waals surface area contributed by atoms with Crippen LogP contribution in [0.4, 0.5) is 5.69 Å². The van der Waals surface area contributed by atoms with Gasteiger partial charge in [0.2, 0.25) is 0 Å². The van der Waals surface area contributed by atoms with Gasteiger partial charge in [-0.2, -0.15) is 0 Å². The molecule has 7 heteroatoms. The second-order valence-electron chi connectivity index (χ2n) is 8.27. The molecule has 0 saturated carbocycles. The fourth-order valence-corrected chi connectivity index (χ4v) is 4.12. The molecule has 7 nitrogen and oxygen atoms in total. The molecule has 0 aliphatic rings. The van der Waals surface area contributed by atoms with E-state index in [1.54, 1.807) is 28.6 Å². The third kappa shape index (κ3) is 3.22. The van der Waals surface area contributed by atoms with Crippen LogP contribution in [0.15, 0.2) is 66.0 Å². The van der Waals surface area contributed by atoms with Gasteiger partial charge in [0.1, 0.15) is 0 Å². The highest BCUT2D eigenvalue weighted by Gasteiger charge is 2.18. The standard InChI is InChI=1S/C25H24N6O/c1-15(2)29-19-10-18(12-26-13-19)17-7-8-21-20(11-17)24-23(14-28-21)30(4)25(32)31(24)22-6-5-9-27-16(22)3/h5-15,29H,1-4H3. The maximum atomic E-state index is 13.2.